The molecule has 3 nitrogen and oxygen atoms in total. The van der Waals surface area contributed by atoms with Crippen LogP contribution in [0.15, 0.2) is 16.3 Å². The maximum atomic E-state index is 5.77. The molecule has 1 aliphatic rings. The van der Waals surface area contributed by atoms with Gasteiger partial charge in [0.25, 0.3) is 0 Å². The lowest BCUT2D eigenvalue weighted by Crippen LogP contribution is -2.34. The molecule has 0 spiro atoms. The minimum atomic E-state index is 0.905. The highest BCUT2D eigenvalue weighted by Gasteiger charge is 2.17. The highest BCUT2D eigenvalue weighted by atomic mass is 15.1. The Morgan fingerprint density at radius 1 is 1.58 bits per heavy atom. The van der Waals surface area contributed by atoms with Crippen LogP contribution in [0.3, 0.4) is 0 Å². The number of nitrogens with two attached hydrogens (primary N) is 1. The van der Waals surface area contributed by atoms with E-state index in [1.165, 1.54) is 11.3 Å². The first-order chi connectivity index (χ1) is 5.65. The number of allylic oxidation sites excluding steroid dienone is 1. The molecule has 0 radical (unpaired) electrons. The predicted molar refractivity (Wildman–Crippen MR) is 52.4 cm³/mol. The topological polar surface area (TPSA) is 41.6 Å². The molecule has 2 N–H and O–H groups in total. The van der Waals surface area contributed by atoms with Gasteiger partial charge < -0.3 is 10.6 Å². The summed E-state index contributed by atoms with van der Waals surface area (Å²) in [4.78, 5) is 6.50. The fourth-order valence-electron chi connectivity index (χ4n) is 1.49. The smallest absolute Gasteiger partial charge is 0.0419 e. The van der Waals surface area contributed by atoms with Crippen LogP contribution in [-0.2, 0) is 0 Å². The molecule has 3 heteroatoms. The molecule has 0 aromatic carbocycles. The average molecular weight is 167 g/mol. The van der Waals surface area contributed by atoms with E-state index in [1.807, 2.05) is 14.0 Å². The fraction of sp³-hybridized carbons (Fsp3) is 0.667. The first-order valence-corrected chi connectivity index (χ1v) is 4.25. The zero-order chi connectivity index (χ0) is 9.14. The van der Waals surface area contributed by atoms with Crippen molar-refractivity contribution in [3.05, 3.63) is 11.3 Å². The Hall–Kier alpha value is -0.830. The van der Waals surface area contributed by atoms with E-state index in [4.69, 9.17) is 5.73 Å². The third-order valence-corrected chi connectivity index (χ3v) is 2.25. The zero-order valence-electron chi connectivity index (χ0n) is 8.09. The van der Waals surface area contributed by atoms with Crippen molar-refractivity contribution in [1.29, 1.82) is 0 Å². The van der Waals surface area contributed by atoms with Crippen molar-refractivity contribution in [3.63, 3.8) is 0 Å². The molecule has 1 heterocycles. The molecule has 68 valence electrons. The number of likely N-dealkylation sites (N-methyl/N-ethyl adjacent to an activating group) is 1. The molecular formula is C9H17N3. The van der Waals surface area contributed by atoms with E-state index in [-0.39, 0.29) is 0 Å². The molecule has 0 bridgehead atoms. The van der Waals surface area contributed by atoms with Crippen molar-refractivity contribution < 1.29 is 0 Å². The van der Waals surface area contributed by atoms with Gasteiger partial charge in [-0.15, -0.1) is 0 Å². The summed E-state index contributed by atoms with van der Waals surface area (Å²) in [7, 11) is 3.94. The van der Waals surface area contributed by atoms with Gasteiger partial charge in [-0.05, 0) is 14.0 Å². The molecule has 0 aromatic rings. The summed E-state index contributed by atoms with van der Waals surface area (Å²) in [5.74, 6) is 0. The van der Waals surface area contributed by atoms with Crippen molar-refractivity contribution in [2.45, 2.75) is 13.3 Å². The van der Waals surface area contributed by atoms with Crippen molar-refractivity contribution in [1.82, 2.24) is 4.90 Å². The van der Waals surface area contributed by atoms with E-state index >= 15 is 0 Å². The number of likely N-dealkylation sites (tertiary alicyclic amines) is 1. The van der Waals surface area contributed by atoms with Gasteiger partial charge in [-0.2, -0.15) is 0 Å². The monoisotopic (exact) mass is 167 g/mol. The van der Waals surface area contributed by atoms with Crippen molar-refractivity contribution in [2.24, 2.45) is 10.7 Å². The van der Waals surface area contributed by atoms with E-state index in [0.29, 0.717) is 0 Å². The predicted octanol–water partition coefficient (Wildman–Crippen LogP) is 0.625. The molecule has 0 saturated carbocycles. The van der Waals surface area contributed by atoms with Crippen LogP contribution in [0.2, 0.25) is 0 Å². The standard InChI is InChI=1S/C9H17N3/c1-7(10)8-6-12(3)5-4-9(8)11-2/h4-6,10H2,1-3H3/b8-7-,11-9?. The van der Waals surface area contributed by atoms with Crippen LogP contribution in [0, 0.1) is 0 Å². The number of nitrogens with zero attached hydrogens (tertiary/aromatic N) is 2. The van der Waals surface area contributed by atoms with E-state index < -0.39 is 0 Å². The molecule has 1 saturated heterocycles. The molecule has 12 heavy (non-hydrogen) atoms. The van der Waals surface area contributed by atoms with Crippen molar-refractivity contribution in [2.75, 3.05) is 27.2 Å². The third kappa shape index (κ3) is 1.85. The number of hydrogen-bond acceptors (Lipinski definition) is 3. The van der Waals surface area contributed by atoms with Gasteiger partial charge in [-0.3, -0.25) is 4.99 Å². The van der Waals surface area contributed by atoms with Crippen LogP contribution < -0.4 is 5.73 Å². The van der Waals surface area contributed by atoms with Gasteiger partial charge in [-0.1, -0.05) is 0 Å². The van der Waals surface area contributed by atoms with Gasteiger partial charge in [0.15, 0.2) is 0 Å². The summed E-state index contributed by atoms with van der Waals surface area (Å²) < 4.78 is 0. The van der Waals surface area contributed by atoms with E-state index in [2.05, 4.69) is 16.9 Å². The molecular weight excluding hydrogens is 150 g/mol. The SMILES string of the molecule is CN=C1CCN(C)C/C1=C(\C)N. The number of aliphatic imine (C=N–C) groups is 1. The van der Waals surface area contributed by atoms with Gasteiger partial charge in [-0.25, -0.2) is 0 Å². The van der Waals surface area contributed by atoms with Crippen molar-refractivity contribution >= 4 is 5.71 Å². The lowest BCUT2D eigenvalue weighted by Gasteiger charge is -2.26. The van der Waals surface area contributed by atoms with E-state index in [1.54, 1.807) is 0 Å². The summed E-state index contributed by atoms with van der Waals surface area (Å²) in [5.41, 5.74) is 9.06. The third-order valence-electron chi connectivity index (χ3n) is 2.25. The summed E-state index contributed by atoms with van der Waals surface area (Å²) in [6.07, 6.45) is 1.02. The van der Waals surface area contributed by atoms with Crippen molar-refractivity contribution in [3.8, 4) is 0 Å². The second kappa shape index (κ2) is 3.72. The summed E-state index contributed by atoms with van der Waals surface area (Å²) >= 11 is 0. The second-order valence-corrected chi connectivity index (χ2v) is 3.32. The Bertz CT molecular complexity index is 224. The number of hydrogen-bond donors (Lipinski definition) is 1. The average Bonchev–Trinajstić information content (AvgIpc) is 2.04. The van der Waals surface area contributed by atoms with Crippen LogP contribution in [0.5, 0.6) is 0 Å². The molecule has 0 aromatic heterocycles. The Morgan fingerprint density at radius 2 is 2.25 bits per heavy atom. The molecule has 0 atom stereocenters. The number of rotatable bonds is 0. The molecule has 0 aliphatic carbocycles. The molecule has 0 amide bonds. The minimum absolute atomic E-state index is 0.905. The van der Waals surface area contributed by atoms with Gasteiger partial charge in [0.05, 0.1) is 0 Å². The summed E-state index contributed by atoms with van der Waals surface area (Å²) in [6, 6.07) is 0. The van der Waals surface area contributed by atoms with E-state index in [9.17, 15) is 0 Å². The van der Waals surface area contributed by atoms with Crippen LogP contribution in [-0.4, -0.2) is 37.8 Å². The minimum Gasteiger partial charge on any atom is -0.402 e. The largest absolute Gasteiger partial charge is 0.402 e. The molecule has 1 rings (SSSR count). The summed E-state index contributed by atoms with van der Waals surface area (Å²) in [5, 5.41) is 0. The maximum Gasteiger partial charge on any atom is 0.0419 e. The Labute approximate surface area is 74.0 Å². The lowest BCUT2D eigenvalue weighted by atomic mass is 10.0. The molecule has 1 fully saturated rings. The van der Waals surface area contributed by atoms with Gasteiger partial charge in [0, 0.05) is 43.5 Å². The van der Waals surface area contributed by atoms with E-state index in [0.717, 1.165) is 25.2 Å². The highest BCUT2D eigenvalue weighted by molar-refractivity contribution is 6.01. The first kappa shape index (κ1) is 9.26. The summed E-state index contributed by atoms with van der Waals surface area (Å²) in [6.45, 7) is 3.97. The fourth-order valence-corrected chi connectivity index (χ4v) is 1.49. The maximum absolute atomic E-state index is 5.77. The quantitative estimate of drug-likeness (QED) is 0.575. The first-order valence-electron chi connectivity index (χ1n) is 4.25. The normalized spacial score (nSPS) is 27.8. The van der Waals surface area contributed by atoms with Gasteiger partial charge in [0.1, 0.15) is 0 Å². The van der Waals surface area contributed by atoms with Gasteiger partial charge >= 0.3 is 0 Å². The lowest BCUT2D eigenvalue weighted by molar-refractivity contribution is 0.363. The van der Waals surface area contributed by atoms with Crippen LogP contribution in [0.4, 0.5) is 0 Å². The molecule has 0 unspecified atom stereocenters. The second-order valence-electron chi connectivity index (χ2n) is 3.32. The molecule has 1 aliphatic heterocycles. The Morgan fingerprint density at radius 3 is 2.75 bits per heavy atom. The van der Waals surface area contributed by atoms with Crippen LogP contribution >= 0.6 is 0 Å². The van der Waals surface area contributed by atoms with Crippen LogP contribution in [0.1, 0.15) is 13.3 Å². The Kier molecular flexibility index (Phi) is 2.87. The number of piperidine rings is 1. The Balaban J connectivity index is 2.87. The highest BCUT2D eigenvalue weighted by Crippen LogP contribution is 2.13. The van der Waals surface area contributed by atoms with Gasteiger partial charge in [0.2, 0.25) is 0 Å². The van der Waals surface area contributed by atoms with Crippen LogP contribution in [0.25, 0.3) is 0 Å². The zero-order valence-corrected chi connectivity index (χ0v) is 8.09.